The molecule has 26 heavy (non-hydrogen) atoms. The first-order valence-corrected chi connectivity index (χ1v) is 7.81. The molecule has 0 bridgehead atoms. The Bertz CT molecular complexity index is 870. The highest BCUT2D eigenvalue weighted by atomic mass is 16.5. The topological polar surface area (TPSA) is 113 Å². The first-order valence-electron chi connectivity index (χ1n) is 7.81. The standard InChI is InChI=1S/C19H19NO6/c1-19(2)13-9-11(5-4-8-26-3)6-7-12(13)16(23)15(17(19)24)18(25)20-10-14(21)22/h6-7,9,24H,8,10H2,1-3H3,(H,20,25)(H,21,22). The van der Waals surface area contributed by atoms with E-state index in [0.717, 1.165) is 0 Å². The number of ether oxygens (including phenoxy) is 1. The average molecular weight is 357 g/mol. The molecule has 136 valence electrons. The fraction of sp³-hybridized carbons (Fsp3) is 0.316. The quantitative estimate of drug-likeness (QED) is 0.551. The van der Waals surface area contributed by atoms with Crippen molar-refractivity contribution in [2.75, 3.05) is 20.3 Å². The number of carboxylic acid groups (broad SMARTS) is 1. The zero-order valence-electron chi connectivity index (χ0n) is 14.7. The Balaban J connectivity index is 2.48. The highest BCUT2D eigenvalue weighted by Gasteiger charge is 2.41. The first kappa shape index (κ1) is 19.2. The average Bonchev–Trinajstić information content (AvgIpc) is 2.59. The van der Waals surface area contributed by atoms with Crippen LogP contribution in [0.1, 0.15) is 35.3 Å². The SMILES string of the molecule is COCC#Cc1ccc2c(c1)C(C)(C)C(O)=C(C(=O)NCC(=O)O)C2=O. The molecule has 1 aromatic rings. The smallest absolute Gasteiger partial charge is 0.322 e. The number of benzene rings is 1. The van der Waals surface area contributed by atoms with Crippen molar-refractivity contribution in [2.24, 2.45) is 0 Å². The Hall–Kier alpha value is -3.11. The van der Waals surface area contributed by atoms with Gasteiger partial charge in [-0.2, -0.15) is 0 Å². The number of methoxy groups -OCH3 is 1. The molecule has 7 nitrogen and oxygen atoms in total. The van der Waals surface area contributed by atoms with Gasteiger partial charge in [-0.3, -0.25) is 14.4 Å². The van der Waals surface area contributed by atoms with E-state index in [1.54, 1.807) is 32.0 Å². The maximum absolute atomic E-state index is 12.7. The second-order valence-corrected chi connectivity index (χ2v) is 6.25. The van der Waals surface area contributed by atoms with E-state index >= 15 is 0 Å². The van der Waals surface area contributed by atoms with E-state index < -0.39 is 41.0 Å². The summed E-state index contributed by atoms with van der Waals surface area (Å²) in [5, 5.41) is 21.3. The third-order valence-corrected chi connectivity index (χ3v) is 4.07. The number of amides is 1. The molecule has 0 radical (unpaired) electrons. The minimum atomic E-state index is -1.25. The molecule has 2 rings (SSSR count). The first-order chi connectivity index (χ1) is 12.2. The van der Waals surface area contributed by atoms with Gasteiger partial charge in [-0.05, 0) is 37.6 Å². The fourth-order valence-electron chi connectivity index (χ4n) is 2.68. The van der Waals surface area contributed by atoms with Gasteiger partial charge >= 0.3 is 5.97 Å². The number of aliphatic hydroxyl groups is 1. The van der Waals surface area contributed by atoms with Crippen LogP contribution < -0.4 is 5.32 Å². The van der Waals surface area contributed by atoms with E-state index in [1.165, 1.54) is 7.11 Å². The summed E-state index contributed by atoms with van der Waals surface area (Å²) in [5.41, 5.74) is -0.00209. The second-order valence-electron chi connectivity index (χ2n) is 6.25. The van der Waals surface area contributed by atoms with Gasteiger partial charge in [0.05, 0.1) is 0 Å². The molecule has 0 unspecified atom stereocenters. The summed E-state index contributed by atoms with van der Waals surface area (Å²) >= 11 is 0. The van der Waals surface area contributed by atoms with Gasteiger partial charge in [-0.15, -0.1) is 0 Å². The minimum absolute atomic E-state index is 0.262. The molecular weight excluding hydrogens is 338 g/mol. The van der Waals surface area contributed by atoms with Crippen molar-refractivity contribution in [1.82, 2.24) is 5.32 Å². The molecule has 1 aliphatic carbocycles. The number of aliphatic carboxylic acids is 1. The molecule has 0 atom stereocenters. The fourth-order valence-corrected chi connectivity index (χ4v) is 2.68. The summed E-state index contributed by atoms with van der Waals surface area (Å²) in [5.74, 6) is 2.48. The van der Waals surface area contributed by atoms with E-state index in [0.29, 0.717) is 11.1 Å². The molecule has 1 aromatic carbocycles. The molecule has 0 heterocycles. The van der Waals surface area contributed by atoms with Gasteiger partial charge in [0.2, 0.25) is 5.78 Å². The number of nitrogens with one attached hydrogen (secondary N) is 1. The van der Waals surface area contributed by atoms with Crippen LogP contribution >= 0.6 is 0 Å². The van der Waals surface area contributed by atoms with Gasteiger partial charge in [0.25, 0.3) is 5.91 Å². The Morgan fingerprint density at radius 1 is 1.31 bits per heavy atom. The van der Waals surface area contributed by atoms with Crippen molar-refractivity contribution in [3.8, 4) is 11.8 Å². The predicted molar refractivity (Wildman–Crippen MR) is 92.9 cm³/mol. The number of Topliss-reactive ketones (excluding diaryl/α,β-unsaturated/α-hetero) is 1. The highest BCUT2D eigenvalue weighted by Crippen LogP contribution is 2.40. The van der Waals surface area contributed by atoms with Crippen molar-refractivity contribution in [3.05, 3.63) is 46.2 Å². The summed E-state index contributed by atoms with van der Waals surface area (Å²) in [6, 6.07) is 4.88. The lowest BCUT2D eigenvalue weighted by Gasteiger charge is -2.32. The maximum Gasteiger partial charge on any atom is 0.322 e. The molecule has 0 saturated heterocycles. The third kappa shape index (κ3) is 3.60. The van der Waals surface area contributed by atoms with Gasteiger partial charge in [0, 0.05) is 23.7 Å². The molecular formula is C19H19NO6. The number of rotatable bonds is 4. The van der Waals surface area contributed by atoms with Crippen LogP contribution in [0.15, 0.2) is 29.5 Å². The normalized spacial score (nSPS) is 15.0. The summed E-state index contributed by atoms with van der Waals surface area (Å²) in [6.07, 6.45) is 0. The van der Waals surface area contributed by atoms with Gasteiger partial charge in [0.15, 0.2) is 0 Å². The number of ketones is 1. The number of fused-ring (bicyclic) bond motifs is 1. The number of carbonyl (C=O) groups excluding carboxylic acids is 2. The molecule has 0 aliphatic heterocycles. The number of hydrogen-bond acceptors (Lipinski definition) is 5. The van der Waals surface area contributed by atoms with Crippen LogP contribution in [0.3, 0.4) is 0 Å². The lowest BCUT2D eigenvalue weighted by atomic mass is 9.71. The van der Waals surface area contributed by atoms with Crippen LogP contribution in [0.25, 0.3) is 0 Å². The van der Waals surface area contributed by atoms with Gasteiger partial charge in [0.1, 0.15) is 24.5 Å². The van der Waals surface area contributed by atoms with E-state index in [9.17, 15) is 19.5 Å². The van der Waals surface area contributed by atoms with E-state index in [4.69, 9.17) is 9.84 Å². The summed E-state index contributed by atoms with van der Waals surface area (Å²) < 4.78 is 4.87. The van der Waals surface area contributed by atoms with Crippen LogP contribution in [0.5, 0.6) is 0 Å². The maximum atomic E-state index is 12.7. The Kier molecular flexibility index (Phi) is 5.48. The zero-order valence-corrected chi connectivity index (χ0v) is 14.7. The van der Waals surface area contributed by atoms with Gasteiger partial charge < -0.3 is 20.3 Å². The van der Waals surface area contributed by atoms with Crippen molar-refractivity contribution in [3.63, 3.8) is 0 Å². The zero-order chi connectivity index (χ0) is 19.5. The Morgan fingerprint density at radius 3 is 2.62 bits per heavy atom. The molecule has 0 aromatic heterocycles. The van der Waals surface area contributed by atoms with Gasteiger partial charge in [-0.1, -0.05) is 11.8 Å². The van der Waals surface area contributed by atoms with E-state index in [1.807, 2.05) is 0 Å². The van der Waals surface area contributed by atoms with Crippen molar-refractivity contribution in [2.45, 2.75) is 19.3 Å². The number of allylic oxidation sites excluding steroid dienone is 1. The molecule has 1 amide bonds. The third-order valence-electron chi connectivity index (χ3n) is 4.07. The number of carboxylic acids is 1. The number of carbonyl (C=O) groups is 3. The molecule has 0 saturated carbocycles. The lowest BCUT2D eigenvalue weighted by Crippen LogP contribution is -2.39. The van der Waals surface area contributed by atoms with Crippen molar-refractivity contribution in [1.29, 1.82) is 0 Å². The second kappa shape index (κ2) is 7.42. The number of hydrogen-bond donors (Lipinski definition) is 3. The molecule has 3 N–H and O–H groups in total. The lowest BCUT2D eigenvalue weighted by molar-refractivity contribution is -0.137. The summed E-state index contributed by atoms with van der Waals surface area (Å²) in [4.78, 5) is 35.5. The van der Waals surface area contributed by atoms with Gasteiger partial charge in [-0.25, -0.2) is 0 Å². The molecule has 1 aliphatic rings. The highest BCUT2D eigenvalue weighted by molar-refractivity contribution is 6.27. The van der Waals surface area contributed by atoms with Crippen LogP contribution in [0, 0.1) is 11.8 Å². The van der Waals surface area contributed by atoms with Crippen LogP contribution in [-0.2, 0) is 19.7 Å². The van der Waals surface area contributed by atoms with Crippen LogP contribution in [0.4, 0.5) is 0 Å². The van der Waals surface area contributed by atoms with E-state index in [-0.39, 0.29) is 12.2 Å². The monoisotopic (exact) mass is 357 g/mol. The van der Waals surface area contributed by atoms with Crippen molar-refractivity contribution < 1.29 is 29.3 Å². The van der Waals surface area contributed by atoms with Crippen LogP contribution in [0.2, 0.25) is 0 Å². The summed E-state index contributed by atoms with van der Waals surface area (Å²) in [6.45, 7) is 2.96. The Labute approximate surface area is 150 Å². The van der Waals surface area contributed by atoms with E-state index in [2.05, 4.69) is 17.2 Å². The molecule has 0 fully saturated rings. The van der Waals surface area contributed by atoms with Crippen LogP contribution in [-0.4, -0.2) is 48.1 Å². The van der Waals surface area contributed by atoms with Crippen molar-refractivity contribution >= 4 is 17.7 Å². The molecule has 7 heteroatoms. The Morgan fingerprint density at radius 2 is 2.00 bits per heavy atom. The predicted octanol–water partition coefficient (Wildman–Crippen LogP) is 1.17. The summed E-state index contributed by atoms with van der Waals surface area (Å²) in [7, 11) is 1.53. The minimum Gasteiger partial charge on any atom is -0.510 e. The number of aliphatic hydroxyl groups excluding tert-OH is 1. The largest absolute Gasteiger partial charge is 0.510 e. The molecule has 0 spiro atoms.